The zero-order valence-corrected chi connectivity index (χ0v) is 12.5. The van der Waals surface area contributed by atoms with Crippen molar-refractivity contribution in [2.24, 2.45) is 0 Å². The third-order valence-corrected chi connectivity index (χ3v) is 3.18. The summed E-state index contributed by atoms with van der Waals surface area (Å²) in [6.07, 6.45) is 4.18. The molecule has 18 heavy (non-hydrogen) atoms. The van der Waals surface area contributed by atoms with E-state index < -0.39 is 10.8 Å². The fourth-order valence-corrected chi connectivity index (χ4v) is 1.88. The van der Waals surface area contributed by atoms with Crippen LogP contribution in [0.25, 0.3) is 0 Å². The molecule has 0 aliphatic carbocycles. The van der Waals surface area contributed by atoms with Gasteiger partial charge >= 0.3 is 0 Å². The van der Waals surface area contributed by atoms with Crippen molar-refractivity contribution in [1.82, 2.24) is 4.90 Å². The van der Waals surface area contributed by atoms with Gasteiger partial charge in [0, 0.05) is 28.4 Å². The lowest BCUT2D eigenvalue weighted by atomic mass is 10.2. The van der Waals surface area contributed by atoms with Gasteiger partial charge in [0.2, 0.25) is 0 Å². The second-order valence-corrected chi connectivity index (χ2v) is 5.65. The Morgan fingerprint density at radius 3 is 2.06 bits per heavy atom. The molecule has 0 heterocycles. The molecule has 0 aromatic heterocycles. The molecule has 0 fully saturated rings. The number of hydrogen-bond donors (Lipinski definition) is 0. The van der Waals surface area contributed by atoms with Crippen molar-refractivity contribution in [3.63, 3.8) is 0 Å². The average Bonchev–Trinajstić information content (AvgIpc) is 2.30. The molecule has 0 radical (unpaired) electrons. The molecule has 3 nitrogen and oxygen atoms in total. The van der Waals surface area contributed by atoms with Gasteiger partial charge in [0.1, 0.15) is 6.29 Å². The Balaban J connectivity index is 0.000000411. The van der Waals surface area contributed by atoms with E-state index in [1.54, 1.807) is 18.4 Å². The first-order valence-corrected chi connectivity index (χ1v) is 7.57. The summed E-state index contributed by atoms with van der Waals surface area (Å²) in [6, 6.07) is 7.22. The van der Waals surface area contributed by atoms with Crippen molar-refractivity contribution < 1.29 is 9.00 Å². The van der Waals surface area contributed by atoms with Crippen LogP contribution in [0.2, 0.25) is 0 Å². The molecule has 4 heteroatoms. The minimum absolute atomic E-state index is 0.427. The van der Waals surface area contributed by atoms with Crippen LogP contribution in [0.5, 0.6) is 0 Å². The van der Waals surface area contributed by atoms with E-state index in [4.69, 9.17) is 0 Å². The molecule has 0 amide bonds. The van der Waals surface area contributed by atoms with Gasteiger partial charge in [-0.05, 0) is 44.8 Å². The van der Waals surface area contributed by atoms with Crippen molar-refractivity contribution in [3.05, 3.63) is 29.8 Å². The highest BCUT2D eigenvalue weighted by Crippen LogP contribution is 2.07. The van der Waals surface area contributed by atoms with Crippen LogP contribution in [-0.2, 0) is 22.0 Å². The molecular weight excluding hydrogens is 246 g/mol. The molecule has 102 valence electrons. The largest absolute Gasteiger partial charge is 0.309 e. The van der Waals surface area contributed by atoms with E-state index in [1.807, 2.05) is 12.1 Å². The minimum atomic E-state index is -0.929. The van der Waals surface area contributed by atoms with Gasteiger partial charge in [-0.2, -0.15) is 0 Å². The van der Waals surface area contributed by atoms with Crippen molar-refractivity contribution in [2.75, 3.05) is 26.9 Å². The minimum Gasteiger partial charge on any atom is -0.309 e. The maximum Gasteiger partial charge on any atom is 0.124 e. The highest BCUT2D eigenvalue weighted by molar-refractivity contribution is 7.84. The predicted octanol–water partition coefficient (Wildman–Crippen LogP) is 2.12. The first kappa shape index (κ1) is 17.0. The molecule has 0 N–H and O–H groups in total. The van der Waals surface area contributed by atoms with Crippen LogP contribution in [0.3, 0.4) is 0 Å². The van der Waals surface area contributed by atoms with Crippen LogP contribution in [-0.4, -0.2) is 42.3 Å². The normalized spacial score (nSPS) is 11.6. The molecule has 0 spiro atoms. The lowest BCUT2D eigenvalue weighted by Crippen LogP contribution is -2.11. The van der Waals surface area contributed by atoms with Gasteiger partial charge in [0.05, 0.1) is 0 Å². The summed E-state index contributed by atoms with van der Waals surface area (Å²) in [5.41, 5.74) is 0.958. The van der Waals surface area contributed by atoms with Crippen molar-refractivity contribution in [3.8, 4) is 0 Å². The van der Waals surface area contributed by atoms with Gasteiger partial charge in [-0.3, -0.25) is 4.21 Å². The van der Waals surface area contributed by atoms with Crippen molar-refractivity contribution in [1.29, 1.82) is 0 Å². The van der Waals surface area contributed by atoms with Gasteiger partial charge in [-0.1, -0.05) is 19.1 Å². The van der Waals surface area contributed by atoms with E-state index in [0.717, 1.165) is 16.7 Å². The maximum atomic E-state index is 11.0. The first-order valence-electron chi connectivity index (χ1n) is 6.02. The number of nitrogens with zero attached hydrogens (tertiary/aromatic N) is 1. The van der Waals surface area contributed by atoms with E-state index in [-0.39, 0.29) is 0 Å². The summed E-state index contributed by atoms with van der Waals surface area (Å²) in [5, 5.41) is 0. The van der Waals surface area contributed by atoms with E-state index in [2.05, 4.69) is 25.9 Å². The quantitative estimate of drug-likeness (QED) is 0.768. The molecule has 1 atom stereocenters. The fourth-order valence-electron chi connectivity index (χ4n) is 1.36. The summed E-state index contributed by atoms with van der Waals surface area (Å²) in [6.45, 7) is 3.39. The van der Waals surface area contributed by atoms with Gasteiger partial charge in [-0.15, -0.1) is 0 Å². The molecular formula is C14H23NO2S. The summed E-state index contributed by atoms with van der Waals surface area (Å²) in [5.74, 6) is 0. The Hall–Kier alpha value is -1.00. The third kappa shape index (κ3) is 8.14. The Morgan fingerprint density at radius 1 is 1.22 bits per heavy atom. The first-order chi connectivity index (χ1) is 8.51. The third-order valence-electron chi connectivity index (χ3n) is 2.25. The van der Waals surface area contributed by atoms with Crippen LogP contribution in [0.4, 0.5) is 0 Å². The maximum absolute atomic E-state index is 11.0. The molecule has 1 aromatic carbocycles. The summed E-state index contributed by atoms with van der Waals surface area (Å²) in [4.78, 5) is 13.1. The highest BCUT2D eigenvalue weighted by atomic mass is 32.2. The second-order valence-electron chi connectivity index (χ2n) is 4.27. The highest BCUT2D eigenvalue weighted by Gasteiger charge is 1.96. The van der Waals surface area contributed by atoms with Gasteiger partial charge in [-0.25, -0.2) is 0 Å². The van der Waals surface area contributed by atoms with E-state index in [0.29, 0.717) is 6.42 Å². The topological polar surface area (TPSA) is 37.4 Å². The summed E-state index contributed by atoms with van der Waals surface area (Å²) < 4.78 is 11.0. The molecule has 0 saturated heterocycles. The second kappa shape index (κ2) is 9.97. The molecule has 0 saturated carbocycles. The van der Waals surface area contributed by atoms with Gasteiger partial charge < -0.3 is 9.69 Å². The van der Waals surface area contributed by atoms with Gasteiger partial charge in [0.25, 0.3) is 0 Å². The molecule has 0 aliphatic rings. The number of rotatable bonds is 5. The average molecular weight is 269 g/mol. The number of aldehydes is 1. The van der Waals surface area contributed by atoms with Crippen LogP contribution >= 0.6 is 0 Å². The Labute approximate surface area is 113 Å². The van der Waals surface area contributed by atoms with E-state index in [1.165, 1.54) is 13.0 Å². The molecule has 1 rings (SSSR count). The van der Waals surface area contributed by atoms with Crippen LogP contribution in [0.15, 0.2) is 29.2 Å². The van der Waals surface area contributed by atoms with Crippen molar-refractivity contribution >= 4 is 17.1 Å². The molecule has 1 unspecified atom stereocenters. The number of hydrogen-bond acceptors (Lipinski definition) is 3. The molecule has 1 aromatic rings. The molecule has 0 bridgehead atoms. The standard InChI is InChI=1S/C9H10O2S.C5H13N/c1-12(11)9-4-2-8(3-5-9)6-7-10;1-4-5-6(2)3/h2-5,7H,6H2,1H3;4-5H2,1-3H3. The zero-order valence-electron chi connectivity index (χ0n) is 11.7. The lowest BCUT2D eigenvalue weighted by molar-refractivity contribution is -0.107. The number of carbonyl (C=O) groups excluding carboxylic acids is 1. The van der Waals surface area contributed by atoms with Crippen LogP contribution in [0.1, 0.15) is 18.9 Å². The Kier molecular flexibility index (Phi) is 9.42. The van der Waals surface area contributed by atoms with Gasteiger partial charge in [0.15, 0.2) is 0 Å². The summed E-state index contributed by atoms with van der Waals surface area (Å²) >= 11 is 0. The lowest BCUT2D eigenvalue weighted by Gasteiger charge is -2.03. The smallest absolute Gasteiger partial charge is 0.124 e. The van der Waals surface area contributed by atoms with E-state index in [9.17, 15) is 9.00 Å². The van der Waals surface area contributed by atoms with Crippen molar-refractivity contribution in [2.45, 2.75) is 24.7 Å². The zero-order chi connectivity index (χ0) is 14.0. The Bertz CT molecular complexity index is 361. The van der Waals surface area contributed by atoms with E-state index >= 15 is 0 Å². The van der Waals surface area contributed by atoms with Crippen LogP contribution in [0, 0.1) is 0 Å². The van der Waals surface area contributed by atoms with Crippen LogP contribution < -0.4 is 0 Å². The predicted molar refractivity (Wildman–Crippen MR) is 77.4 cm³/mol. The molecule has 0 aliphatic heterocycles. The number of carbonyl (C=O) groups is 1. The SMILES string of the molecule is CCCN(C)C.CS(=O)c1ccc(CC=O)cc1. The summed E-state index contributed by atoms with van der Waals surface area (Å²) in [7, 11) is 3.24. The Morgan fingerprint density at radius 2 is 1.78 bits per heavy atom. The monoisotopic (exact) mass is 269 g/mol. The number of benzene rings is 1. The fraction of sp³-hybridized carbons (Fsp3) is 0.500.